The molecule has 1 saturated carbocycles. The van der Waals surface area contributed by atoms with Crippen molar-refractivity contribution in [3.8, 4) is 0 Å². The second kappa shape index (κ2) is 6.53. The lowest BCUT2D eigenvalue weighted by molar-refractivity contribution is -0.0298. The molecular formula is C17H33N3O. The minimum absolute atomic E-state index is 0.214. The van der Waals surface area contributed by atoms with Gasteiger partial charge in [-0.05, 0) is 57.9 Å². The first kappa shape index (κ1) is 15.7. The summed E-state index contributed by atoms with van der Waals surface area (Å²) in [7, 11) is 1.81. The van der Waals surface area contributed by atoms with E-state index in [2.05, 4.69) is 16.7 Å². The largest absolute Gasteiger partial charge is 0.383 e. The molecule has 0 aromatic rings. The van der Waals surface area contributed by atoms with Crippen LogP contribution in [0.3, 0.4) is 0 Å². The maximum Gasteiger partial charge on any atom is 0.0590 e. The van der Waals surface area contributed by atoms with Crippen LogP contribution in [0, 0.1) is 5.92 Å². The highest BCUT2D eigenvalue weighted by molar-refractivity contribution is 5.04. The molecule has 4 heteroatoms. The number of hydrogen-bond acceptors (Lipinski definition) is 4. The predicted molar refractivity (Wildman–Crippen MR) is 86.4 cm³/mol. The van der Waals surface area contributed by atoms with Crippen molar-refractivity contribution in [3.05, 3.63) is 0 Å². The number of fused-ring (bicyclic) bond motifs is 1. The molecule has 4 nitrogen and oxygen atoms in total. The van der Waals surface area contributed by atoms with E-state index in [1.165, 1.54) is 51.6 Å². The second-order valence-electron chi connectivity index (χ2n) is 7.48. The average Bonchev–Trinajstić information content (AvgIpc) is 3.26. The van der Waals surface area contributed by atoms with E-state index in [0.717, 1.165) is 31.7 Å². The maximum atomic E-state index is 6.35. The summed E-state index contributed by atoms with van der Waals surface area (Å²) in [5, 5.41) is 0. The van der Waals surface area contributed by atoms with Gasteiger partial charge in [0.1, 0.15) is 0 Å². The van der Waals surface area contributed by atoms with E-state index in [4.69, 9.17) is 10.5 Å². The van der Waals surface area contributed by atoms with Crippen molar-refractivity contribution < 1.29 is 4.74 Å². The molecular weight excluding hydrogens is 262 g/mol. The van der Waals surface area contributed by atoms with E-state index in [9.17, 15) is 0 Å². The number of nitrogens with zero attached hydrogens (tertiary/aromatic N) is 2. The summed E-state index contributed by atoms with van der Waals surface area (Å²) in [6.07, 6.45) is 8.06. The van der Waals surface area contributed by atoms with Gasteiger partial charge in [0.05, 0.1) is 6.61 Å². The van der Waals surface area contributed by atoms with Gasteiger partial charge in [0.15, 0.2) is 0 Å². The molecule has 21 heavy (non-hydrogen) atoms. The lowest BCUT2D eigenvalue weighted by Gasteiger charge is -2.52. The monoisotopic (exact) mass is 295 g/mol. The van der Waals surface area contributed by atoms with Crippen LogP contribution in [-0.4, -0.2) is 67.3 Å². The summed E-state index contributed by atoms with van der Waals surface area (Å²) >= 11 is 0. The lowest BCUT2D eigenvalue weighted by Crippen LogP contribution is -2.64. The van der Waals surface area contributed by atoms with Crippen molar-refractivity contribution in [1.29, 1.82) is 0 Å². The molecule has 0 aromatic heterocycles. The molecule has 2 saturated heterocycles. The van der Waals surface area contributed by atoms with Gasteiger partial charge in [0.2, 0.25) is 0 Å². The Morgan fingerprint density at radius 1 is 1.33 bits per heavy atom. The van der Waals surface area contributed by atoms with Crippen molar-refractivity contribution in [2.75, 3.05) is 39.9 Å². The fourth-order valence-electron chi connectivity index (χ4n) is 4.77. The van der Waals surface area contributed by atoms with Crippen molar-refractivity contribution in [1.82, 2.24) is 9.80 Å². The summed E-state index contributed by atoms with van der Waals surface area (Å²) in [5.74, 6) is 0.895. The molecule has 2 aliphatic heterocycles. The SMILES string of the molecule is COCCN(C(C)C1CC1)C1(CN)CCN2CCCC2C1. The Balaban J connectivity index is 1.76. The molecule has 2 heterocycles. The lowest BCUT2D eigenvalue weighted by atomic mass is 9.80. The van der Waals surface area contributed by atoms with E-state index < -0.39 is 0 Å². The van der Waals surface area contributed by atoms with Crippen LogP contribution in [0.2, 0.25) is 0 Å². The van der Waals surface area contributed by atoms with Gasteiger partial charge in [-0.2, -0.15) is 0 Å². The van der Waals surface area contributed by atoms with Gasteiger partial charge in [-0.3, -0.25) is 4.90 Å². The molecule has 2 N–H and O–H groups in total. The van der Waals surface area contributed by atoms with Crippen LogP contribution in [0.4, 0.5) is 0 Å². The minimum atomic E-state index is 0.214. The summed E-state index contributed by atoms with van der Waals surface area (Å²) < 4.78 is 5.40. The van der Waals surface area contributed by atoms with Gasteiger partial charge in [0, 0.05) is 44.4 Å². The summed E-state index contributed by atoms with van der Waals surface area (Å²) in [4.78, 5) is 5.44. The van der Waals surface area contributed by atoms with Crippen LogP contribution in [0.15, 0.2) is 0 Å². The smallest absolute Gasteiger partial charge is 0.0590 e. The molecule has 3 rings (SSSR count). The second-order valence-corrected chi connectivity index (χ2v) is 7.48. The molecule has 3 atom stereocenters. The van der Waals surface area contributed by atoms with Gasteiger partial charge >= 0.3 is 0 Å². The highest BCUT2D eigenvalue weighted by Gasteiger charge is 2.47. The Morgan fingerprint density at radius 3 is 2.81 bits per heavy atom. The predicted octanol–water partition coefficient (Wildman–Crippen LogP) is 1.69. The first-order valence-corrected chi connectivity index (χ1v) is 8.90. The van der Waals surface area contributed by atoms with Gasteiger partial charge in [-0.1, -0.05) is 0 Å². The van der Waals surface area contributed by atoms with E-state index in [0.29, 0.717) is 6.04 Å². The molecule has 0 bridgehead atoms. The first-order valence-electron chi connectivity index (χ1n) is 8.90. The number of ether oxygens (including phenoxy) is 1. The zero-order valence-electron chi connectivity index (χ0n) is 13.9. The third kappa shape index (κ3) is 3.14. The molecule has 0 spiro atoms. The fourth-order valence-corrected chi connectivity index (χ4v) is 4.77. The zero-order chi connectivity index (χ0) is 14.9. The third-order valence-corrected chi connectivity index (χ3v) is 6.30. The molecule has 122 valence electrons. The fraction of sp³-hybridized carbons (Fsp3) is 1.00. The molecule has 0 radical (unpaired) electrons. The third-order valence-electron chi connectivity index (χ3n) is 6.30. The molecule has 0 amide bonds. The van der Waals surface area contributed by atoms with Crippen LogP contribution in [-0.2, 0) is 4.74 Å². The van der Waals surface area contributed by atoms with Gasteiger partial charge in [-0.15, -0.1) is 0 Å². The minimum Gasteiger partial charge on any atom is -0.383 e. The van der Waals surface area contributed by atoms with Crippen LogP contribution in [0.1, 0.15) is 45.4 Å². The molecule has 3 fully saturated rings. The van der Waals surface area contributed by atoms with E-state index >= 15 is 0 Å². The highest BCUT2D eigenvalue weighted by atomic mass is 16.5. The molecule has 1 aliphatic carbocycles. The zero-order valence-corrected chi connectivity index (χ0v) is 13.9. The Hall–Kier alpha value is -0.160. The summed E-state index contributed by atoms with van der Waals surface area (Å²) in [6, 6.07) is 1.44. The number of hydrogen-bond donors (Lipinski definition) is 1. The molecule has 3 aliphatic rings. The average molecular weight is 295 g/mol. The van der Waals surface area contributed by atoms with Gasteiger partial charge in [-0.25, -0.2) is 0 Å². The van der Waals surface area contributed by atoms with Crippen LogP contribution >= 0.6 is 0 Å². The van der Waals surface area contributed by atoms with E-state index in [1.807, 2.05) is 7.11 Å². The summed E-state index contributed by atoms with van der Waals surface area (Å²) in [5.41, 5.74) is 6.57. The normalized spacial score (nSPS) is 35.1. The Morgan fingerprint density at radius 2 is 2.14 bits per heavy atom. The molecule has 0 aromatic carbocycles. The van der Waals surface area contributed by atoms with Gasteiger partial charge in [0.25, 0.3) is 0 Å². The van der Waals surface area contributed by atoms with E-state index in [-0.39, 0.29) is 5.54 Å². The summed E-state index contributed by atoms with van der Waals surface area (Å²) in [6.45, 7) is 7.64. The van der Waals surface area contributed by atoms with Crippen LogP contribution in [0.25, 0.3) is 0 Å². The van der Waals surface area contributed by atoms with E-state index in [1.54, 1.807) is 0 Å². The number of piperidine rings is 1. The first-order chi connectivity index (χ1) is 10.2. The number of methoxy groups -OCH3 is 1. The molecule has 3 unspecified atom stereocenters. The van der Waals surface area contributed by atoms with Crippen molar-refractivity contribution in [2.45, 2.75) is 63.1 Å². The maximum absolute atomic E-state index is 6.35. The number of rotatable bonds is 7. The standard InChI is InChI=1S/C17H33N3O/c1-14(15-5-6-15)20(10-11-21-2)17(13-18)7-9-19-8-3-4-16(19)12-17/h14-16H,3-13,18H2,1-2H3. The number of nitrogens with two attached hydrogens (primary N) is 1. The van der Waals surface area contributed by atoms with Crippen molar-refractivity contribution >= 4 is 0 Å². The Labute approximate surface area is 130 Å². The van der Waals surface area contributed by atoms with Crippen molar-refractivity contribution in [2.24, 2.45) is 11.7 Å². The van der Waals surface area contributed by atoms with Crippen LogP contribution < -0.4 is 5.73 Å². The topological polar surface area (TPSA) is 41.7 Å². The Kier molecular flexibility index (Phi) is 4.89. The highest BCUT2D eigenvalue weighted by Crippen LogP contribution is 2.42. The Bertz CT molecular complexity index is 347. The van der Waals surface area contributed by atoms with Crippen molar-refractivity contribution in [3.63, 3.8) is 0 Å². The van der Waals surface area contributed by atoms with Crippen LogP contribution in [0.5, 0.6) is 0 Å². The van der Waals surface area contributed by atoms with Gasteiger partial charge < -0.3 is 15.4 Å². The quantitative estimate of drug-likeness (QED) is 0.776.